The molecule has 0 fully saturated rings. The van der Waals surface area contributed by atoms with E-state index in [1.165, 1.54) is 0 Å². The molecule has 0 radical (unpaired) electrons. The van der Waals surface area contributed by atoms with Gasteiger partial charge in [-0.25, -0.2) is 9.98 Å². The van der Waals surface area contributed by atoms with Gasteiger partial charge in [0, 0.05) is 17.3 Å². The minimum Gasteiger partial charge on any atom is -0.497 e. The minimum absolute atomic E-state index is 0.258. The molecule has 1 aromatic heterocycles. The van der Waals surface area contributed by atoms with Crippen LogP contribution in [0, 0.1) is 0 Å². The number of rotatable bonds is 5. The highest BCUT2D eigenvalue weighted by atomic mass is 16.5. The smallest absolute Gasteiger partial charge is 0.262 e. The van der Waals surface area contributed by atoms with Crippen LogP contribution in [0.4, 0.5) is 5.69 Å². The zero-order chi connectivity index (χ0) is 27.0. The molecule has 1 unspecified atom stereocenters. The summed E-state index contributed by atoms with van der Waals surface area (Å²) in [7, 11) is 1.57. The van der Waals surface area contributed by atoms with Crippen molar-refractivity contribution in [2.75, 3.05) is 7.11 Å². The summed E-state index contributed by atoms with van der Waals surface area (Å²) in [6, 6.07) is 33.6. The maximum Gasteiger partial charge on any atom is 0.262 e. The third-order valence-electron chi connectivity index (χ3n) is 7.24. The van der Waals surface area contributed by atoms with Crippen LogP contribution in [0.1, 0.15) is 23.6 Å². The van der Waals surface area contributed by atoms with E-state index < -0.39 is 5.41 Å². The Bertz CT molecular complexity index is 1780. The van der Waals surface area contributed by atoms with Crippen molar-refractivity contribution >= 4 is 17.2 Å². The first-order chi connectivity index (χ1) is 19.0. The molecular weight excluding hydrogens is 486 g/mol. The Hall–Kier alpha value is -5.10. The van der Waals surface area contributed by atoms with Crippen LogP contribution in [0.5, 0.6) is 5.75 Å². The van der Waals surface area contributed by atoms with E-state index in [-0.39, 0.29) is 16.9 Å². The molecule has 0 amide bonds. The fraction of sp³-hybridized carbons (Fsp3) is 0.0909. The molecule has 6 rings (SSSR count). The highest BCUT2D eigenvalue weighted by Crippen LogP contribution is 2.43. The van der Waals surface area contributed by atoms with Crippen molar-refractivity contribution < 1.29 is 9.53 Å². The Morgan fingerprint density at radius 3 is 2.00 bits per heavy atom. The summed E-state index contributed by atoms with van der Waals surface area (Å²) < 4.78 is 7.08. The number of fused-ring (bicyclic) bond motifs is 1. The van der Waals surface area contributed by atoms with Crippen molar-refractivity contribution in [2.24, 2.45) is 4.99 Å². The van der Waals surface area contributed by atoms with Gasteiger partial charge in [-0.15, -0.1) is 0 Å². The van der Waals surface area contributed by atoms with Crippen molar-refractivity contribution in [1.82, 2.24) is 9.55 Å². The van der Waals surface area contributed by atoms with Crippen LogP contribution in [0.15, 0.2) is 125 Å². The molecule has 1 aliphatic rings. The Kier molecular flexibility index (Phi) is 6.00. The van der Waals surface area contributed by atoms with Gasteiger partial charge in [-0.05, 0) is 42.8 Å². The lowest BCUT2D eigenvalue weighted by atomic mass is 9.69. The molecule has 6 nitrogen and oxygen atoms in total. The summed E-state index contributed by atoms with van der Waals surface area (Å²) in [6.07, 6.45) is 1.54. The van der Waals surface area contributed by atoms with Crippen LogP contribution >= 0.6 is 0 Å². The van der Waals surface area contributed by atoms with Crippen LogP contribution in [0.25, 0.3) is 17.1 Å². The van der Waals surface area contributed by atoms with E-state index in [9.17, 15) is 9.59 Å². The van der Waals surface area contributed by atoms with Gasteiger partial charge >= 0.3 is 0 Å². The molecule has 0 saturated carbocycles. The zero-order valence-electron chi connectivity index (χ0n) is 21.5. The van der Waals surface area contributed by atoms with Crippen molar-refractivity contribution in [1.29, 1.82) is 0 Å². The Balaban J connectivity index is 1.66. The number of benzene rings is 4. The van der Waals surface area contributed by atoms with Crippen molar-refractivity contribution in [3.63, 3.8) is 0 Å². The SMILES string of the molecule is COc1ccc2c(c1)C(C)(c1cnc(-c3ccccc3)n(-c3ccccc3)c1=O)C(=O)C(c1ccccc1)=N2. The van der Waals surface area contributed by atoms with Gasteiger partial charge in [-0.3, -0.25) is 14.2 Å². The number of hydrogen-bond acceptors (Lipinski definition) is 5. The average Bonchev–Trinajstić information content (AvgIpc) is 3.00. The number of aliphatic imine (C=N–C) groups is 1. The largest absolute Gasteiger partial charge is 0.497 e. The van der Waals surface area contributed by atoms with Crippen LogP contribution < -0.4 is 10.3 Å². The number of ether oxygens (including phenoxy) is 1. The van der Waals surface area contributed by atoms with Gasteiger partial charge in [0.15, 0.2) is 5.78 Å². The second kappa shape index (κ2) is 9.65. The third-order valence-corrected chi connectivity index (χ3v) is 7.24. The molecule has 6 heteroatoms. The lowest BCUT2D eigenvalue weighted by molar-refractivity contribution is -0.116. The average molecular weight is 512 g/mol. The lowest BCUT2D eigenvalue weighted by Gasteiger charge is -2.34. The molecule has 2 heterocycles. The van der Waals surface area contributed by atoms with E-state index in [4.69, 9.17) is 14.7 Å². The number of carbonyl (C=O) groups excluding carboxylic acids is 1. The molecule has 0 spiro atoms. The molecule has 0 N–H and O–H groups in total. The standard InChI is InChI=1S/C33H25N3O3/c1-33(26-20-25(39-2)18-19-28(26)35-29(30(33)37)22-12-6-3-7-13-22)27-21-34-31(23-14-8-4-9-15-23)36(32(27)38)24-16-10-5-11-17-24/h3-21H,1-2H3. The molecular formula is C33H25N3O3. The van der Waals surface area contributed by atoms with Crippen molar-refractivity contribution in [2.45, 2.75) is 12.3 Å². The molecule has 1 atom stereocenters. The minimum atomic E-state index is -1.37. The molecule has 5 aromatic rings. The van der Waals surface area contributed by atoms with Crippen LogP contribution in [-0.4, -0.2) is 28.2 Å². The topological polar surface area (TPSA) is 73.6 Å². The second-order valence-corrected chi connectivity index (χ2v) is 9.50. The first kappa shape index (κ1) is 24.2. The second-order valence-electron chi connectivity index (χ2n) is 9.50. The van der Waals surface area contributed by atoms with Gasteiger partial charge in [0.05, 0.1) is 29.5 Å². The summed E-state index contributed by atoms with van der Waals surface area (Å²) in [5, 5.41) is 0. The van der Waals surface area contributed by atoms with Gasteiger partial charge in [0.2, 0.25) is 0 Å². The first-order valence-corrected chi connectivity index (χ1v) is 12.6. The Morgan fingerprint density at radius 1 is 0.744 bits per heavy atom. The van der Waals surface area contributed by atoms with Crippen molar-refractivity contribution in [3.05, 3.63) is 142 Å². The van der Waals surface area contributed by atoms with Gasteiger partial charge in [-0.2, -0.15) is 0 Å². The predicted molar refractivity (Wildman–Crippen MR) is 152 cm³/mol. The summed E-state index contributed by atoms with van der Waals surface area (Å²) in [4.78, 5) is 38.5. The molecule has 1 aliphatic heterocycles. The van der Waals surface area contributed by atoms with E-state index in [2.05, 4.69) is 0 Å². The fourth-order valence-electron chi connectivity index (χ4n) is 5.14. The molecule has 39 heavy (non-hydrogen) atoms. The van der Waals surface area contributed by atoms with Gasteiger partial charge in [0.1, 0.15) is 17.3 Å². The van der Waals surface area contributed by atoms with Crippen LogP contribution in [0.3, 0.4) is 0 Å². The van der Waals surface area contributed by atoms with Gasteiger partial charge in [0.25, 0.3) is 5.56 Å². The third kappa shape index (κ3) is 3.97. The predicted octanol–water partition coefficient (Wildman–Crippen LogP) is 5.92. The van der Waals surface area contributed by atoms with Gasteiger partial charge < -0.3 is 4.74 Å². The number of methoxy groups -OCH3 is 1. The summed E-state index contributed by atoms with van der Waals surface area (Å²) in [6.45, 7) is 1.78. The first-order valence-electron chi connectivity index (χ1n) is 12.6. The lowest BCUT2D eigenvalue weighted by Crippen LogP contribution is -2.46. The van der Waals surface area contributed by atoms with Crippen molar-refractivity contribution in [3.8, 4) is 22.8 Å². The van der Waals surface area contributed by atoms with E-state index in [1.807, 2.05) is 97.1 Å². The number of nitrogens with zero attached hydrogens (tertiary/aromatic N) is 3. The summed E-state index contributed by atoms with van der Waals surface area (Å²) in [5.74, 6) is 0.786. The van der Waals surface area contributed by atoms with Crippen LogP contribution in [0.2, 0.25) is 0 Å². The quantitative estimate of drug-likeness (QED) is 0.294. The van der Waals surface area contributed by atoms with Crippen LogP contribution in [-0.2, 0) is 10.2 Å². The maximum absolute atomic E-state index is 14.5. The molecule has 190 valence electrons. The Morgan fingerprint density at radius 2 is 1.36 bits per heavy atom. The van der Waals surface area contributed by atoms with E-state index in [0.29, 0.717) is 39.8 Å². The molecule has 0 aliphatic carbocycles. The summed E-state index contributed by atoms with van der Waals surface area (Å²) in [5.41, 5.74) is 2.20. The summed E-state index contributed by atoms with van der Waals surface area (Å²) >= 11 is 0. The normalized spacial score (nSPS) is 16.4. The number of para-hydroxylation sites is 1. The van der Waals surface area contributed by atoms with Gasteiger partial charge in [-0.1, -0.05) is 78.9 Å². The monoisotopic (exact) mass is 511 g/mol. The maximum atomic E-state index is 14.5. The molecule has 4 aromatic carbocycles. The molecule has 0 saturated heterocycles. The van der Waals surface area contributed by atoms with E-state index >= 15 is 0 Å². The van der Waals surface area contributed by atoms with E-state index in [1.54, 1.807) is 36.9 Å². The highest BCUT2D eigenvalue weighted by molar-refractivity contribution is 6.50. The highest BCUT2D eigenvalue weighted by Gasteiger charge is 2.47. The number of hydrogen-bond donors (Lipinski definition) is 0. The number of Topliss-reactive ketones (excluding diaryl/α,β-unsaturated/α-hetero) is 1. The number of carbonyl (C=O) groups is 1. The number of ketones is 1. The molecule has 0 bridgehead atoms. The zero-order valence-corrected chi connectivity index (χ0v) is 21.5. The van der Waals surface area contributed by atoms with E-state index in [0.717, 1.165) is 5.56 Å². The Labute approximate surface area is 225 Å². The fourth-order valence-corrected chi connectivity index (χ4v) is 5.14. The number of aromatic nitrogens is 2.